The molecule has 0 spiro atoms. The van der Waals surface area contributed by atoms with E-state index in [1.165, 1.54) is 0 Å². The van der Waals surface area contributed by atoms with E-state index in [0.717, 1.165) is 5.56 Å². The average molecular weight is 312 g/mol. The number of amides is 1. The second-order valence-corrected chi connectivity index (χ2v) is 6.06. The van der Waals surface area contributed by atoms with Crippen LogP contribution in [0.1, 0.15) is 30.9 Å². The molecule has 1 unspecified atom stereocenters. The summed E-state index contributed by atoms with van der Waals surface area (Å²) < 4.78 is 28.0. The van der Waals surface area contributed by atoms with Crippen LogP contribution in [0.4, 0.5) is 8.78 Å². The van der Waals surface area contributed by atoms with Gasteiger partial charge in [0.2, 0.25) is 0 Å². The second kappa shape index (κ2) is 6.30. The summed E-state index contributed by atoms with van der Waals surface area (Å²) in [6.45, 7) is 0.0571. The zero-order valence-corrected chi connectivity index (χ0v) is 12.9. The highest BCUT2D eigenvalue weighted by atomic mass is 19.3. The molecule has 1 aliphatic rings. The lowest BCUT2D eigenvalue weighted by Crippen LogP contribution is -2.61. The molecule has 1 aromatic rings. The summed E-state index contributed by atoms with van der Waals surface area (Å²) >= 11 is 0. The molecule has 0 aromatic heterocycles. The van der Waals surface area contributed by atoms with E-state index in [9.17, 15) is 18.7 Å². The van der Waals surface area contributed by atoms with Gasteiger partial charge in [-0.15, -0.1) is 0 Å². The van der Waals surface area contributed by atoms with Gasteiger partial charge in [0.1, 0.15) is 5.60 Å². The molecule has 1 amide bonds. The molecule has 2 N–H and O–H groups in total. The van der Waals surface area contributed by atoms with Crippen molar-refractivity contribution in [3.05, 3.63) is 35.9 Å². The summed E-state index contributed by atoms with van der Waals surface area (Å²) in [5.41, 5.74) is -1.25. The quantitative estimate of drug-likeness (QED) is 0.844. The van der Waals surface area contributed by atoms with Crippen molar-refractivity contribution < 1.29 is 18.7 Å². The van der Waals surface area contributed by atoms with E-state index in [1.807, 2.05) is 49.3 Å². The van der Waals surface area contributed by atoms with E-state index in [0.29, 0.717) is 6.42 Å². The summed E-state index contributed by atoms with van der Waals surface area (Å²) in [5, 5.41) is 12.1. The number of alkyl halides is 2. The van der Waals surface area contributed by atoms with Crippen molar-refractivity contribution in [1.82, 2.24) is 10.2 Å². The zero-order valence-electron chi connectivity index (χ0n) is 12.9. The minimum atomic E-state index is -3.75. The van der Waals surface area contributed by atoms with Gasteiger partial charge in [-0.1, -0.05) is 30.3 Å². The molecule has 1 aromatic carbocycles. The Morgan fingerprint density at radius 2 is 1.95 bits per heavy atom. The number of likely N-dealkylation sites (N-methyl/N-ethyl adjacent to an activating group) is 1. The number of aliphatic hydroxyl groups is 1. The first-order valence-corrected chi connectivity index (χ1v) is 7.38. The zero-order chi connectivity index (χ0) is 16.4. The maximum atomic E-state index is 14.0. The lowest BCUT2D eigenvalue weighted by molar-refractivity contribution is -0.216. The fraction of sp³-hybridized carbons (Fsp3) is 0.562. The molecule has 0 bridgehead atoms. The molecule has 1 saturated carbocycles. The Labute approximate surface area is 129 Å². The first-order valence-electron chi connectivity index (χ1n) is 7.38. The maximum absolute atomic E-state index is 14.0. The van der Waals surface area contributed by atoms with Crippen molar-refractivity contribution in [2.75, 3.05) is 20.6 Å². The molecular formula is C16H22F2N2O2. The van der Waals surface area contributed by atoms with Crippen molar-refractivity contribution in [3.8, 4) is 0 Å². The van der Waals surface area contributed by atoms with Crippen LogP contribution < -0.4 is 5.32 Å². The lowest BCUT2D eigenvalue weighted by Gasteiger charge is -2.41. The van der Waals surface area contributed by atoms with Crippen LogP contribution in [0.25, 0.3) is 0 Å². The fourth-order valence-corrected chi connectivity index (χ4v) is 2.61. The first kappa shape index (κ1) is 16.8. The normalized spacial score (nSPS) is 18.6. The van der Waals surface area contributed by atoms with Crippen LogP contribution in [-0.2, 0) is 4.79 Å². The molecule has 0 radical (unpaired) electrons. The first-order chi connectivity index (χ1) is 10.3. The molecule has 0 heterocycles. The van der Waals surface area contributed by atoms with Crippen molar-refractivity contribution in [3.63, 3.8) is 0 Å². The maximum Gasteiger partial charge on any atom is 0.352 e. The number of halogens is 2. The number of rotatable bonds is 6. The van der Waals surface area contributed by atoms with Crippen molar-refractivity contribution >= 4 is 5.91 Å². The van der Waals surface area contributed by atoms with Crippen LogP contribution in [0, 0.1) is 0 Å². The Morgan fingerprint density at radius 3 is 2.41 bits per heavy atom. The van der Waals surface area contributed by atoms with Gasteiger partial charge >= 0.3 is 5.92 Å². The monoisotopic (exact) mass is 312 g/mol. The Balaban J connectivity index is 2.02. The minimum absolute atomic E-state index is 0.0385. The van der Waals surface area contributed by atoms with Gasteiger partial charge in [-0.3, -0.25) is 4.79 Å². The molecular weight excluding hydrogens is 290 g/mol. The fourth-order valence-electron chi connectivity index (χ4n) is 2.61. The van der Waals surface area contributed by atoms with Crippen molar-refractivity contribution in [1.29, 1.82) is 0 Å². The van der Waals surface area contributed by atoms with Gasteiger partial charge in [-0.2, -0.15) is 8.78 Å². The third-order valence-corrected chi connectivity index (χ3v) is 4.31. The summed E-state index contributed by atoms with van der Waals surface area (Å²) in [6, 6.07) is 9.15. The van der Waals surface area contributed by atoms with Gasteiger partial charge in [0.15, 0.2) is 0 Å². The van der Waals surface area contributed by atoms with Crippen LogP contribution in [0.2, 0.25) is 0 Å². The second-order valence-electron chi connectivity index (χ2n) is 6.06. The van der Waals surface area contributed by atoms with Crippen LogP contribution in [0.15, 0.2) is 30.3 Å². The van der Waals surface area contributed by atoms with Gasteiger partial charge in [0.05, 0.1) is 6.04 Å². The largest absolute Gasteiger partial charge is 0.383 e. The summed E-state index contributed by atoms with van der Waals surface area (Å²) in [4.78, 5) is 13.7. The molecule has 4 nitrogen and oxygen atoms in total. The molecule has 122 valence electrons. The topological polar surface area (TPSA) is 52.6 Å². The van der Waals surface area contributed by atoms with E-state index in [4.69, 9.17) is 0 Å². The van der Waals surface area contributed by atoms with Gasteiger partial charge in [0, 0.05) is 6.54 Å². The molecule has 0 aliphatic heterocycles. The molecule has 2 rings (SSSR count). The van der Waals surface area contributed by atoms with Crippen LogP contribution in [0.3, 0.4) is 0 Å². The van der Waals surface area contributed by atoms with E-state index in [1.54, 1.807) is 0 Å². The van der Waals surface area contributed by atoms with E-state index >= 15 is 0 Å². The van der Waals surface area contributed by atoms with Gasteiger partial charge in [-0.25, -0.2) is 0 Å². The van der Waals surface area contributed by atoms with Crippen molar-refractivity contribution in [2.24, 2.45) is 0 Å². The van der Waals surface area contributed by atoms with Crippen molar-refractivity contribution in [2.45, 2.75) is 36.8 Å². The Hall–Kier alpha value is -1.53. The molecule has 1 aliphatic carbocycles. The SMILES string of the molecule is CN(C)C(CNC(=O)C(F)(F)C1(O)CCC1)c1ccccc1. The number of carbonyl (C=O) groups excluding carboxylic acids is 1. The molecule has 0 saturated heterocycles. The summed E-state index contributed by atoms with van der Waals surface area (Å²) in [5.74, 6) is -5.16. The number of carbonyl (C=O) groups is 1. The smallest absolute Gasteiger partial charge is 0.352 e. The Morgan fingerprint density at radius 1 is 1.36 bits per heavy atom. The van der Waals surface area contributed by atoms with E-state index in [2.05, 4.69) is 5.32 Å². The predicted octanol–water partition coefficient (Wildman–Crippen LogP) is 1.96. The van der Waals surface area contributed by atoms with Crippen LogP contribution in [-0.4, -0.2) is 48.1 Å². The van der Waals surface area contributed by atoms with E-state index < -0.39 is 17.4 Å². The number of nitrogens with one attached hydrogen (secondary N) is 1. The van der Waals surface area contributed by atoms with Gasteiger partial charge in [0.25, 0.3) is 5.91 Å². The highest BCUT2D eigenvalue weighted by Gasteiger charge is 2.61. The molecule has 1 atom stereocenters. The summed E-state index contributed by atoms with van der Waals surface area (Å²) in [6.07, 6.45) is 0.441. The summed E-state index contributed by atoms with van der Waals surface area (Å²) in [7, 11) is 3.64. The third-order valence-electron chi connectivity index (χ3n) is 4.31. The predicted molar refractivity (Wildman–Crippen MR) is 79.6 cm³/mol. The number of hydrogen-bond acceptors (Lipinski definition) is 3. The number of hydrogen-bond donors (Lipinski definition) is 2. The van der Waals surface area contributed by atoms with Crippen LogP contribution in [0.5, 0.6) is 0 Å². The van der Waals surface area contributed by atoms with E-state index in [-0.39, 0.29) is 25.4 Å². The lowest BCUT2D eigenvalue weighted by atomic mass is 9.75. The Kier molecular flexibility index (Phi) is 4.82. The Bertz CT molecular complexity index is 516. The minimum Gasteiger partial charge on any atom is -0.383 e. The molecule has 1 fully saturated rings. The van der Waals surface area contributed by atoms with Crippen LogP contribution >= 0.6 is 0 Å². The van der Waals surface area contributed by atoms with Gasteiger partial charge < -0.3 is 15.3 Å². The number of nitrogens with zero attached hydrogens (tertiary/aromatic N) is 1. The average Bonchev–Trinajstić information content (AvgIpc) is 2.45. The highest BCUT2D eigenvalue weighted by molar-refractivity contribution is 5.85. The van der Waals surface area contributed by atoms with Gasteiger partial charge in [-0.05, 0) is 38.9 Å². The standard InChI is InChI=1S/C16H22F2N2O2/c1-20(2)13(12-7-4-3-5-8-12)11-19-14(21)16(17,18)15(22)9-6-10-15/h3-5,7-8,13,22H,6,9-11H2,1-2H3,(H,19,21). The highest BCUT2D eigenvalue weighted by Crippen LogP contribution is 2.44. The number of benzene rings is 1. The molecule has 22 heavy (non-hydrogen) atoms. The third kappa shape index (κ3) is 3.13. The molecule has 6 heteroatoms.